The summed E-state index contributed by atoms with van der Waals surface area (Å²) in [5.74, 6) is -2.74. The molecule has 1 aliphatic rings. The van der Waals surface area contributed by atoms with E-state index in [1.807, 2.05) is 32.0 Å². The van der Waals surface area contributed by atoms with Gasteiger partial charge in [0.05, 0.1) is 17.0 Å². The van der Waals surface area contributed by atoms with E-state index < -0.39 is 45.6 Å². The molecule has 0 aliphatic carbocycles. The van der Waals surface area contributed by atoms with Gasteiger partial charge in [0.25, 0.3) is 11.8 Å². The Morgan fingerprint density at radius 1 is 0.900 bits per heavy atom. The van der Waals surface area contributed by atoms with Gasteiger partial charge >= 0.3 is 0 Å². The lowest BCUT2D eigenvalue weighted by Gasteiger charge is -2.28. The number of carbonyl (C=O) groups is 2. The maximum Gasteiger partial charge on any atom is 0.253 e. The second kappa shape index (κ2) is 18.5. The first-order valence-electron chi connectivity index (χ1n) is 17.3. The Morgan fingerprint density at radius 3 is 2.18 bits per heavy atom. The molecule has 1 heterocycles. The van der Waals surface area contributed by atoms with Crippen LogP contribution in [0.5, 0.6) is 0 Å². The van der Waals surface area contributed by atoms with Crippen molar-refractivity contribution < 1.29 is 31.9 Å². The SMILES string of the molecule is CCCN(CCC)C(=O)c1cc(C(=O)N[C@@H](Cc2cc(F)cc(F)c2)[C@H](O)CNCc2cccc(CC)c2)cc(S(=O)(=O)N2CCNCC2)c1. The fourth-order valence-electron chi connectivity index (χ4n) is 6.06. The van der Waals surface area contributed by atoms with E-state index in [0.717, 1.165) is 35.7 Å². The van der Waals surface area contributed by atoms with Crippen molar-refractivity contribution >= 4 is 21.8 Å². The standard InChI is InChI=1S/C37H49F2N5O5S/c1-4-12-43(13-5-2)37(47)30-20-29(21-33(22-30)50(48,49)44-14-10-40-11-15-44)36(46)42-34(19-28-17-31(38)23-32(39)18-28)35(45)25-41-24-27-9-7-8-26(6-3)16-27/h7-9,16-18,20-23,34-35,40-41,45H,4-6,10-15,19,24-25H2,1-3H3,(H,42,46)/t34-,35+/m0/s1. The molecule has 1 fully saturated rings. The van der Waals surface area contributed by atoms with Crippen molar-refractivity contribution in [2.24, 2.45) is 0 Å². The number of aliphatic hydroxyl groups excluding tert-OH is 1. The molecule has 1 aliphatic heterocycles. The number of piperazine rings is 1. The molecule has 2 atom stereocenters. The third-order valence-electron chi connectivity index (χ3n) is 8.64. The van der Waals surface area contributed by atoms with Crippen LogP contribution in [0.1, 0.15) is 71.0 Å². The minimum Gasteiger partial charge on any atom is -0.390 e. The molecule has 0 unspecified atom stereocenters. The Balaban J connectivity index is 1.66. The van der Waals surface area contributed by atoms with E-state index in [4.69, 9.17) is 0 Å². The molecule has 10 nitrogen and oxygen atoms in total. The van der Waals surface area contributed by atoms with Gasteiger partial charge < -0.3 is 26.0 Å². The number of sulfonamides is 1. The first-order valence-corrected chi connectivity index (χ1v) is 18.8. The summed E-state index contributed by atoms with van der Waals surface area (Å²) >= 11 is 0. The summed E-state index contributed by atoms with van der Waals surface area (Å²) in [6.07, 6.45) is 0.916. The fraction of sp³-hybridized carbons (Fsp3) is 0.459. The van der Waals surface area contributed by atoms with Gasteiger partial charge in [0.2, 0.25) is 10.0 Å². The molecule has 0 bridgehead atoms. The van der Waals surface area contributed by atoms with Crippen molar-refractivity contribution in [2.45, 2.75) is 70.0 Å². The molecule has 272 valence electrons. The quantitative estimate of drug-likeness (QED) is 0.167. The van der Waals surface area contributed by atoms with Gasteiger partial charge in [0.15, 0.2) is 0 Å². The summed E-state index contributed by atoms with van der Waals surface area (Å²) in [5, 5.41) is 20.4. The molecule has 50 heavy (non-hydrogen) atoms. The van der Waals surface area contributed by atoms with E-state index in [0.29, 0.717) is 45.6 Å². The van der Waals surface area contributed by atoms with Crippen LogP contribution in [-0.2, 0) is 29.4 Å². The van der Waals surface area contributed by atoms with Crippen LogP contribution in [0.3, 0.4) is 0 Å². The van der Waals surface area contributed by atoms with E-state index in [1.165, 1.54) is 22.5 Å². The topological polar surface area (TPSA) is 131 Å². The van der Waals surface area contributed by atoms with E-state index in [-0.39, 0.29) is 47.6 Å². The summed E-state index contributed by atoms with van der Waals surface area (Å²) in [7, 11) is -4.07. The molecule has 4 rings (SSSR count). The predicted octanol–water partition coefficient (Wildman–Crippen LogP) is 3.88. The average molecular weight is 714 g/mol. The minimum absolute atomic E-state index is 0.0310. The molecule has 4 N–H and O–H groups in total. The van der Waals surface area contributed by atoms with Crippen LogP contribution in [0.4, 0.5) is 8.78 Å². The number of amides is 2. The molecule has 0 aromatic heterocycles. The van der Waals surface area contributed by atoms with Crippen molar-refractivity contribution in [2.75, 3.05) is 45.8 Å². The third kappa shape index (κ3) is 10.6. The highest BCUT2D eigenvalue weighted by molar-refractivity contribution is 7.89. The zero-order valence-electron chi connectivity index (χ0n) is 29.1. The van der Waals surface area contributed by atoms with E-state index in [2.05, 4.69) is 28.9 Å². The van der Waals surface area contributed by atoms with E-state index >= 15 is 0 Å². The molecule has 3 aromatic carbocycles. The number of aryl methyl sites for hydroxylation is 1. The van der Waals surface area contributed by atoms with Crippen LogP contribution < -0.4 is 16.0 Å². The minimum atomic E-state index is -4.07. The van der Waals surface area contributed by atoms with Gasteiger partial charge in [-0.25, -0.2) is 17.2 Å². The Hall–Kier alpha value is -3.75. The van der Waals surface area contributed by atoms with Gasteiger partial charge in [0, 0.05) is 69.6 Å². The number of aliphatic hydroxyl groups is 1. The van der Waals surface area contributed by atoms with Crippen molar-refractivity contribution in [3.05, 3.63) is 100 Å². The van der Waals surface area contributed by atoms with Crippen LogP contribution in [0.25, 0.3) is 0 Å². The molecule has 0 saturated carbocycles. The predicted molar refractivity (Wildman–Crippen MR) is 189 cm³/mol. The molecule has 2 amide bonds. The molecule has 1 saturated heterocycles. The summed E-state index contributed by atoms with van der Waals surface area (Å²) in [6.45, 7) is 8.69. The van der Waals surface area contributed by atoms with E-state index in [1.54, 1.807) is 4.90 Å². The van der Waals surface area contributed by atoms with Crippen molar-refractivity contribution in [3.8, 4) is 0 Å². The maximum atomic E-state index is 14.2. The van der Waals surface area contributed by atoms with Crippen LogP contribution in [0.2, 0.25) is 0 Å². The number of rotatable bonds is 17. The number of nitrogens with one attached hydrogen (secondary N) is 3. The summed E-state index contributed by atoms with van der Waals surface area (Å²) in [6, 6.07) is 13.8. The number of benzene rings is 3. The molecule has 0 spiro atoms. The van der Waals surface area contributed by atoms with Crippen molar-refractivity contribution in [3.63, 3.8) is 0 Å². The lowest BCUT2D eigenvalue weighted by Crippen LogP contribution is -2.49. The number of hydrogen-bond donors (Lipinski definition) is 4. The summed E-state index contributed by atoms with van der Waals surface area (Å²) < 4.78 is 57.2. The Bertz CT molecular complexity index is 1690. The zero-order chi connectivity index (χ0) is 36.3. The number of halogens is 2. The molecular formula is C37H49F2N5O5S. The van der Waals surface area contributed by atoms with Crippen LogP contribution >= 0.6 is 0 Å². The van der Waals surface area contributed by atoms with Gasteiger partial charge in [-0.1, -0.05) is 45.0 Å². The van der Waals surface area contributed by atoms with Gasteiger partial charge in [-0.2, -0.15) is 4.31 Å². The highest BCUT2D eigenvalue weighted by Gasteiger charge is 2.30. The number of carbonyl (C=O) groups excluding carboxylic acids is 2. The Kier molecular flexibility index (Phi) is 14.4. The molecular weight excluding hydrogens is 665 g/mol. The van der Waals surface area contributed by atoms with Crippen molar-refractivity contribution in [1.29, 1.82) is 0 Å². The Labute approximate surface area is 294 Å². The highest BCUT2D eigenvalue weighted by Crippen LogP contribution is 2.22. The second-order valence-corrected chi connectivity index (χ2v) is 14.6. The van der Waals surface area contributed by atoms with Gasteiger partial charge in [0.1, 0.15) is 11.6 Å². The Morgan fingerprint density at radius 2 is 1.54 bits per heavy atom. The maximum absolute atomic E-state index is 14.2. The summed E-state index contributed by atoms with van der Waals surface area (Å²) in [5.41, 5.74) is 2.33. The lowest BCUT2D eigenvalue weighted by atomic mass is 9.99. The second-order valence-electron chi connectivity index (χ2n) is 12.6. The lowest BCUT2D eigenvalue weighted by molar-refractivity contribution is 0.0755. The highest BCUT2D eigenvalue weighted by atomic mass is 32.2. The molecule has 13 heteroatoms. The third-order valence-corrected chi connectivity index (χ3v) is 10.5. The average Bonchev–Trinajstić information content (AvgIpc) is 3.10. The van der Waals surface area contributed by atoms with E-state index in [9.17, 15) is 31.9 Å². The van der Waals surface area contributed by atoms with Crippen LogP contribution in [0, 0.1) is 11.6 Å². The van der Waals surface area contributed by atoms with Gasteiger partial charge in [-0.3, -0.25) is 9.59 Å². The smallest absolute Gasteiger partial charge is 0.253 e. The van der Waals surface area contributed by atoms with Gasteiger partial charge in [-0.05, 0) is 72.7 Å². The fourth-order valence-corrected chi connectivity index (χ4v) is 7.57. The molecule has 3 aromatic rings. The monoisotopic (exact) mass is 713 g/mol. The number of hydrogen-bond acceptors (Lipinski definition) is 7. The number of nitrogens with zero attached hydrogens (tertiary/aromatic N) is 2. The normalized spacial score (nSPS) is 15.0. The zero-order valence-corrected chi connectivity index (χ0v) is 29.9. The largest absolute Gasteiger partial charge is 0.390 e. The van der Waals surface area contributed by atoms with Crippen LogP contribution in [-0.4, -0.2) is 92.5 Å². The first-order chi connectivity index (χ1) is 23.9. The van der Waals surface area contributed by atoms with Crippen LogP contribution in [0.15, 0.2) is 65.6 Å². The van der Waals surface area contributed by atoms with Gasteiger partial charge in [-0.15, -0.1) is 0 Å². The van der Waals surface area contributed by atoms with Crippen molar-refractivity contribution in [1.82, 2.24) is 25.2 Å². The first kappa shape index (κ1) is 39.0. The molecule has 0 radical (unpaired) electrons. The summed E-state index contributed by atoms with van der Waals surface area (Å²) in [4.78, 5) is 29.1.